The first kappa shape index (κ1) is 13.5. The zero-order chi connectivity index (χ0) is 11.6. The summed E-state index contributed by atoms with van der Waals surface area (Å²) in [6.45, 7) is 1.73. The fourth-order valence-electron chi connectivity index (χ4n) is 2.53. The molecule has 0 aromatic heterocycles. The van der Waals surface area contributed by atoms with Crippen LogP contribution >= 0.6 is 0 Å². The zero-order valence-electron chi connectivity index (χ0n) is 10.4. The third-order valence-corrected chi connectivity index (χ3v) is 3.55. The smallest absolute Gasteiger partial charge is 0.209 e. The van der Waals surface area contributed by atoms with E-state index < -0.39 is 0 Å². The Kier molecular flexibility index (Phi) is 7.23. The van der Waals surface area contributed by atoms with E-state index in [9.17, 15) is 4.79 Å². The van der Waals surface area contributed by atoms with Crippen LogP contribution in [0.25, 0.3) is 0 Å². The Bertz CT molecular complexity index is 179. The monoisotopic (exact) mass is 226 g/mol. The summed E-state index contributed by atoms with van der Waals surface area (Å²) in [6, 6.07) is 0.528. The molecular formula is C13H26N2O. The largest absolute Gasteiger partial charge is 0.342 e. The predicted octanol–water partition coefficient (Wildman–Crippen LogP) is 2.30. The van der Waals surface area contributed by atoms with Crippen molar-refractivity contribution in [1.29, 1.82) is 0 Å². The van der Waals surface area contributed by atoms with Crippen LogP contribution in [0.2, 0.25) is 0 Å². The van der Waals surface area contributed by atoms with Crippen LogP contribution in [-0.4, -0.2) is 30.4 Å². The van der Waals surface area contributed by atoms with Crippen LogP contribution in [0.3, 0.4) is 0 Å². The average molecular weight is 226 g/mol. The highest BCUT2D eigenvalue weighted by Gasteiger charge is 2.18. The summed E-state index contributed by atoms with van der Waals surface area (Å²) in [7, 11) is 0. The van der Waals surface area contributed by atoms with Crippen LogP contribution in [0.15, 0.2) is 0 Å². The van der Waals surface area contributed by atoms with Gasteiger partial charge < -0.3 is 10.6 Å². The second kappa shape index (κ2) is 8.57. The lowest BCUT2D eigenvalue weighted by atomic mass is 9.94. The lowest BCUT2D eigenvalue weighted by molar-refractivity contribution is -0.120. The van der Waals surface area contributed by atoms with Crippen molar-refractivity contribution in [3.8, 4) is 0 Å². The van der Waals surface area contributed by atoms with E-state index in [0.717, 1.165) is 32.3 Å². The molecule has 1 fully saturated rings. The van der Waals surface area contributed by atoms with Gasteiger partial charge in [-0.3, -0.25) is 4.79 Å². The average Bonchev–Trinajstić information content (AvgIpc) is 2.35. The van der Waals surface area contributed by atoms with Crippen LogP contribution in [0.1, 0.15) is 57.8 Å². The Balaban J connectivity index is 2.12. The first-order valence-corrected chi connectivity index (χ1v) is 6.79. The molecule has 1 amide bonds. The van der Waals surface area contributed by atoms with E-state index in [1.165, 1.54) is 44.9 Å². The van der Waals surface area contributed by atoms with Crippen molar-refractivity contribution in [2.24, 2.45) is 5.73 Å². The summed E-state index contributed by atoms with van der Waals surface area (Å²) in [6.07, 6.45) is 12.1. The fourth-order valence-corrected chi connectivity index (χ4v) is 2.53. The maximum atomic E-state index is 11.0. The van der Waals surface area contributed by atoms with Gasteiger partial charge in [-0.2, -0.15) is 0 Å². The summed E-state index contributed by atoms with van der Waals surface area (Å²) in [5.74, 6) is 0. The summed E-state index contributed by atoms with van der Waals surface area (Å²) in [5, 5.41) is 0. The lowest BCUT2D eigenvalue weighted by Crippen LogP contribution is -2.36. The highest BCUT2D eigenvalue weighted by Crippen LogP contribution is 2.22. The molecule has 3 heteroatoms. The standard InChI is InChI=1S/C13H26N2O/c14-10-6-1-2-7-11-15(12-16)13-8-4-3-5-9-13/h12-13H,1-11,14H2. The van der Waals surface area contributed by atoms with Crippen LogP contribution < -0.4 is 5.73 Å². The number of nitrogens with zero attached hydrogens (tertiary/aromatic N) is 1. The molecule has 0 bridgehead atoms. The minimum absolute atomic E-state index is 0.528. The lowest BCUT2D eigenvalue weighted by Gasteiger charge is -2.31. The number of hydrogen-bond donors (Lipinski definition) is 1. The van der Waals surface area contributed by atoms with E-state index in [0.29, 0.717) is 6.04 Å². The van der Waals surface area contributed by atoms with Gasteiger partial charge in [0.25, 0.3) is 0 Å². The second-order valence-electron chi connectivity index (χ2n) is 4.84. The Morgan fingerprint density at radius 2 is 1.75 bits per heavy atom. The number of hydrogen-bond acceptors (Lipinski definition) is 2. The molecule has 0 aliphatic heterocycles. The van der Waals surface area contributed by atoms with E-state index in [-0.39, 0.29) is 0 Å². The maximum absolute atomic E-state index is 11.0. The quantitative estimate of drug-likeness (QED) is 0.510. The molecule has 1 aliphatic carbocycles. The fraction of sp³-hybridized carbons (Fsp3) is 0.923. The van der Waals surface area contributed by atoms with Crippen molar-refractivity contribution in [2.75, 3.05) is 13.1 Å². The van der Waals surface area contributed by atoms with Crippen molar-refractivity contribution >= 4 is 6.41 Å². The van der Waals surface area contributed by atoms with Gasteiger partial charge in [-0.1, -0.05) is 32.1 Å². The molecule has 16 heavy (non-hydrogen) atoms. The van der Waals surface area contributed by atoms with E-state index in [1.807, 2.05) is 4.90 Å². The van der Waals surface area contributed by atoms with Gasteiger partial charge in [-0.15, -0.1) is 0 Å². The van der Waals surface area contributed by atoms with Crippen molar-refractivity contribution in [3.05, 3.63) is 0 Å². The van der Waals surface area contributed by atoms with Gasteiger partial charge in [0.2, 0.25) is 6.41 Å². The normalized spacial score (nSPS) is 17.3. The maximum Gasteiger partial charge on any atom is 0.209 e. The number of amides is 1. The predicted molar refractivity (Wildman–Crippen MR) is 67.2 cm³/mol. The van der Waals surface area contributed by atoms with Crippen LogP contribution in [0.5, 0.6) is 0 Å². The Hall–Kier alpha value is -0.570. The highest BCUT2D eigenvalue weighted by molar-refractivity contribution is 5.47. The van der Waals surface area contributed by atoms with Gasteiger partial charge in [-0.05, 0) is 32.2 Å². The van der Waals surface area contributed by atoms with E-state index >= 15 is 0 Å². The molecule has 0 radical (unpaired) electrons. The minimum Gasteiger partial charge on any atom is -0.342 e. The Labute approximate surface area is 99.4 Å². The molecule has 0 saturated heterocycles. The van der Waals surface area contributed by atoms with Crippen LogP contribution in [0.4, 0.5) is 0 Å². The summed E-state index contributed by atoms with van der Waals surface area (Å²) >= 11 is 0. The van der Waals surface area contributed by atoms with E-state index in [1.54, 1.807) is 0 Å². The molecule has 2 N–H and O–H groups in total. The third-order valence-electron chi connectivity index (χ3n) is 3.55. The number of carbonyl (C=O) groups excluding carboxylic acids is 1. The molecule has 3 nitrogen and oxygen atoms in total. The van der Waals surface area contributed by atoms with Gasteiger partial charge in [-0.25, -0.2) is 0 Å². The van der Waals surface area contributed by atoms with Gasteiger partial charge in [0.05, 0.1) is 0 Å². The highest BCUT2D eigenvalue weighted by atomic mass is 16.1. The van der Waals surface area contributed by atoms with E-state index in [2.05, 4.69) is 0 Å². The first-order valence-electron chi connectivity index (χ1n) is 6.79. The SMILES string of the molecule is NCCCCCCN(C=O)C1CCCCC1. The molecule has 1 rings (SSSR count). The van der Waals surface area contributed by atoms with Crippen LogP contribution in [-0.2, 0) is 4.79 Å². The van der Waals surface area contributed by atoms with Crippen molar-refractivity contribution in [2.45, 2.75) is 63.8 Å². The molecule has 0 unspecified atom stereocenters. The van der Waals surface area contributed by atoms with Crippen molar-refractivity contribution in [1.82, 2.24) is 4.90 Å². The molecule has 1 aliphatic rings. The second-order valence-corrected chi connectivity index (χ2v) is 4.84. The van der Waals surface area contributed by atoms with E-state index in [4.69, 9.17) is 5.73 Å². The topological polar surface area (TPSA) is 46.3 Å². The molecule has 0 heterocycles. The van der Waals surface area contributed by atoms with Crippen molar-refractivity contribution in [3.63, 3.8) is 0 Å². The Morgan fingerprint density at radius 1 is 1.06 bits per heavy atom. The molecule has 0 aromatic rings. The molecule has 94 valence electrons. The minimum atomic E-state index is 0.528. The van der Waals surface area contributed by atoms with Gasteiger partial charge in [0, 0.05) is 12.6 Å². The summed E-state index contributed by atoms with van der Waals surface area (Å²) in [5.41, 5.74) is 5.45. The third kappa shape index (κ3) is 4.97. The molecule has 0 aromatic carbocycles. The van der Waals surface area contributed by atoms with Crippen molar-refractivity contribution < 1.29 is 4.79 Å². The first-order chi connectivity index (χ1) is 7.88. The summed E-state index contributed by atoms with van der Waals surface area (Å²) < 4.78 is 0. The number of carbonyl (C=O) groups is 1. The van der Waals surface area contributed by atoms with Gasteiger partial charge in [0.15, 0.2) is 0 Å². The number of rotatable bonds is 8. The van der Waals surface area contributed by atoms with Gasteiger partial charge >= 0.3 is 0 Å². The van der Waals surface area contributed by atoms with Gasteiger partial charge in [0.1, 0.15) is 0 Å². The molecule has 1 saturated carbocycles. The Morgan fingerprint density at radius 3 is 2.38 bits per heavy atom. The molecular weight excluding hydrogens is 200 g/mol. The zero-order valence-corrected chi connectivity index (χ0v) is 10.4. The number of nitrogens with two attached hydrogens (primary N) is 1. The molecule has 0 spiro atoms. The van der Waals surface area contributed by atoms with Crippen LogP contribution in [0, 0.1) is 0 Å². The summed E-state index contributed by atoms with van der Waals surface area (Å²) in [4.78, 5) is 13.1. The molecule has 0 atom stereocenters. The number of unbranched alkanes of at least 4 members (excludes halogenated alkanes) is 3.